The van der Waals surface area contributed by atoms with E-state index in [4.69, 9.17) is 9.84 Å². The van der Waals surface area contributed by atoms with Crippen molar-refractivity contribution in [1.29, 1.82) is 0 Å². The third kappa shape index (κ3) is 3.94. The van der Waals surface area contributed by atoms with Crippen LogP contribution in [0.1, 0.15) is 35.1 Å². The molecule has 0 bridgehead atoms. The van der Waals surface area contributed by atoms with E-state index in [2.05, 4.69) is 27.4 Å². The average molecular weight is 389 g/mol. The first-order valence-electron chi connectivity index (χ1n) is 9.21. The van der Waals surface area contributed by atoms with Crippen molar-refractivity contribution < 1.29 is 19.4 Å². The molecule has 0 spiro atoms. The van der Waals surface area contributed by atoms with Crippen LogP contribution in [-0.2, 0) is 9.53 Å². The molecule has 0 radical (unpaired) electrons. The van der Waals surface area contributed by atoms with Gasteiger partial charge in [-0.1, -0.05) is 48.5 Å². The number of carbonyl (C=O) groups is 2. The molecule has 0 aliphatic heterocycles. The Morgan fingerprint density at radius 1 is 1.00 bits per heavy atom. The summed E-state index contributed by atoms with van der Waals surface area (Å²) in [6.07, 6.45) is 3.32. The Hall–Kier alpha value is -3.74. The predicted octanol–water partition coefficient (Wildman–Crippen LogP) is 3.53. The lowest BCUT2D eigenvalue weighted by Crippen LogP contribution is -2.31. The van der Waals surface area contributed by atoms with E-state index in [9.17, 15) is 9.59 Å². The lowest BCUT2D eigenvalue weighted by Gasteiger charge is -2.18. The largest absolute Gasteiger partial charge is 0.481 e. The predicted molar refractivity (Wildman–Crippen MR) is 105 cm³/mol. The Balaban J connectivity index is 1.47. The molecule has 7 heteroatoms. The molecule has 2 N–H and O–H groups in total. The number of fused-ring (bicyclic) bond motifs is 3. The van der Waals surface area contributed by atoms with Gasteiger partial charge in [0.15, 0.2) is 0 Å². The Labute approximate surface area is 167 Å². The van der Waals surface area contributed by atoms with Crippen LogP contribution in [-0.4, -0.2) is 33.7 Å². The second-order valence-electron chi connectivity index (χ2n) is 6.79. The molecule has 1 heterocycles. The third-order valence-electron chi connectivity index (χ3n) is 5.00. The first-order chi connectivity index (χ1) is 14.1. The van der Waals surface area contributed by atoms with E-state index >= 15 is 0 Å². The maximum absolute atomic E-state index is 12.4. The number of hydrogen-bond donors (Lipinski definition) is 2. The normalized spacial score (nSPS) is 13.2. The molecule has 1 aliphatic carbocycles. The first kappa shape index (κ1) is 18.6. The molecule has 0 saturated carbocycles. The summed E-state index contributed by atoms with van der Waals surface area (Å²) in [5, 5.41) is 11.8. The van der Waals surface area contributed by atoms with Gasteiger partial charge in [-0.3, -0.25) is 4.79 Å². The zero-order chi connectivity index (χ0) is 20.2. The van der Waals surface area contributed by atoms with E-state index in [-0.39, 0.29) is 18.9 Å². The molecule has 1 aromatic heterocycles. The zero-order valence-corrected chi connectivity index (χ0v) is 15.5. The third-order valence-corrected chi connectivity index (χ3v) is 5.00. The number of carboxylic acids is 1. The van der Waals surface area contributed by atoms with Crippen molar-refractivity contribution >= 4 is 12.1 Å². The van der Waals surface area contributed by atoms with E-state index in [1.807, 2.05) is 36.4 Å². The summed E-state index contributed by atoms with van der Waals surface area (Å²) in [7, 11) is 0. The van der Waals surface area contributed by atoms with Gasteiger partial charge in [-0.2, -0.15) is 0 Å². The van der Waals surface area contributed by atoms with Crippen molar-refractivity contribution in [1.82, 2.24) is 15.3 Å². The zero-order valence-electron chi connectivity index (χ0n) is 15.5. The smallest absolute Gasteiger partial charge is 0.407 e. The number of aliphatic carboxylic acids is 1. The van der Waals surface area contributed by atoms with Crippen LogP contribution in [0, 0.1) is 0 Å². The Morgan fingerprint density at radius 2 is 1.59 bits per heavy atom. The number of benzene rings is 2. The topological polar surface area (TPSA) is 101 Å². The summed E-state index contributed by atoms with van der Waals surface area (Å²) in [5.74, 6) is -1.11. The fourth-order valence-electron chi connectivity index (χ4n) is 3.70. The second-order valence-corrected chi connectivity index (χ2v) is 6.79. The van der Waals surface area contributed by atoms with Crippen LogP contribution in [0.5, 0.6) is 0 Å². The van der Waals surface area contributed by atoms with E-state index in [0.717, 1.165) is 22.3 Å². The van der Waals surface area contributed by atoms with Gasteiger partial charge in [0.1, 0.15) is 12.9 Å². The van der Waals surface area contributed by atoms with Gasteiger partial charge in [0, 0.05) is 23.9 Å². The highest BCUT2D eigenvalue weighted by atomic mass is 16.5. The van der Waals surface area contributed by atoms with Gasteiger partial charge in [-0.15, -0.1) is 0 Å². The Kier molecular flexibility index (Phi) is 5.20. The highest BCUT2D eigenvalue weighted by Gasteiger charge is 2.29. The maximum Gasteiger partial charge on any atom is 0.407 e. The minimum absolute atomic E-state index is 0.0638. The second kappa shape index (κ2) is 8.10. The number of alkyl carbamates (subject to hydrolysis) is 1. The van der Waals surface area contributed by atoms with Gasteiger partial charge in [-0.05, 0) is 22.3 Å². The number of aromatic nitrogens is 2. The van der Waals surface area contributed by atoms with Crippen LogP contribution in [0.15, 0.2) is 67.3 Å². The van der Waals surface area contributed by atoms with Gasteiger partial charge in [0.25, 0.3) is 0 Å². The van der Waals surface area contributed by atoms with Crippen LogP contribution in [0.3, 0.4) is 0 Å². The highest BCUT2D eigenvalue weighted by molar-refractivity contribution is 5.79. The number of carboxylic acid groups (broad SMARTS) is 1. The Morgan fingerprint density at radius 3 is 2.17 bits per heavy atom. The maximum atomic E-state index is 12.4. The molecule has 0 saturated heterocycles. The average Bonchev–Trinajstić information content (AvgIpc) is 3.06. The van der Waals surface area contributed by atoms with E-state index in [1.54, 1.807) is 0 Å². The van der Waals surface area contributed by atoms with Crippen LogP contribution < -0.4 is 5.32 Å². The van der Waals surface area contributed by atoms with Crippen molar-refractivity contribution in [3.05, 3.63) is 83.9 Å². The lowest BCUT2D eigenvalue weighted by atomic mass is 9.98. The van der Waals surface area contributed by atoms with Crippen LogP contribution in [0.4, 0.5) is 4.79 Å². The van der Waals surface area contributed by atoms with E-state index in [0.29, 0.717) is 5.56 Å². The number of nitrogens with one attached hydrogen (secondary N) is 1. The molecule has 1 unspecified atom stereocenters. The summed E-state index contributed by atoms with van der Waals surface area (Å²) in [6.45, 7) is 0.158. The molecule has 2 aromatic carbocycles. The summed E-state index contributed by atoms with van der Waals surface area (Å²) in [5.41, 5.74) is 5.01. The molecule has 1 aliphatic rings. The molecule has 146 valence electrons. The van der Waals surface area contributed by atoms with Gasteiger partial charge in [0.05, 0.1) is 12.5 Å². The fourth-order valence-corrected chi connectivity index (χ4v) is 3.70. The van der Waals surface area contributed by atoms with Crippen LogP contribution in [0.2, 0.25) is 0 Å². The molecule has 4 rings (SSSR count). The standard InChI is InChI=1S/C22H19N3O4/c26-21(27)9-20(14-10-23-13-24-11-14)25-22(28)29-12-19-17-7-3-1-5-15(17)16-6-2-4-8-18(16)19/h1-8,10-11,13,19-20H,9,12H2,(H,25,28)(H,26,27). The number of nitrogens with zero attached hydrogens (tertiary/aromatic N) is 2. The van der Waals surface area contributed by atoms with Crippen LogP contribution >= 0.6 is 0 Å². The van der Waals surface area contributed by atoms with Crippen molar-refractivity contribution in [2.45, 2.75) is 18.4 Å². The lowest BCUT2D eigenvalue weighted by molar-refractivity contribution is -0.137. The van der Waals surface area contributed by atoms with E-state index < -0.39 is 18.1 Å². The quantitative estimate of drug-likeness (QED) is 0.669. The minimum Gasteiger partial charge on any atom is -0.481 e. The number of hydrogen-bond acceptors (Lipinski definition) is 5. The molecule has 1 amide bonds. The van der Waals surface area contributed by atoms with Crippen molar-refractivity contribution in [3.8, 4) is 11.1 Å². The van der Waals surface area contributed by atoms with Crippen LogP contribution in [0.25, 0.3) is 11.1 Å². The fraction of sp³-hybridized carbons (Fsp3) is 0.182. The summed E-state index contributed by atoms with van der Waals surface area (Å²) in [4.78, 5) is 31.4. The highest BCUT2D eigenvalue weighted by Crippen LogP contribution is 2.44. The number of ether oxygens (including phenoxy) is 1. The van der Waals surface area contributed by atoms with Gasteiger partial charge < -0.3 is 15.2 Å². The number of rotatable bonds is 6. The molecular weight excluding hydrogens is 370 g/mol. The molecule has 1 atom stereocenters. The Bertz CT molecular complexity index is 993. The molecular formula is C22H19N3O4. The monoisotopic (exact) mass is 389 g/mol. The van der Waals surface area contributed by atoms with Gasteiger partial charge in [0.2, 0.25) is 0 Å². The molecule has 7 nitrogen and oxygen atoms in total. The molecule has 3 aromatic rings. The van der Waals surface area contributed by atoms with Gasteiger partial charge >= 0.3 is 12.1 Å². The number of amides is 1. The van der Waals surface area contributed by atoms with Crippen molar-refractivity contribution in [3.63, 3.8) is 0 Å². The molecule has 29 heavy (non-hydrogen) atoms. The van der Waals surface area contributed by atoms with Crippen molar-refractivity contribution in [2.24, 2.45) is 0 Å². The summed E-state index contributed by atoms with van der Waals surface area (Å²) < 4.78 is 5.49. The first-order valence-corrected chi connectivity index (χ1v) is 9.21. The number of carbonyl (C=O) groups excluding carboxylic acids is 1. The van der Waals surface area contributed by atoms with E-state index in [1.165, 1.54) is 18.7 Å². The molecule has 0 fully saturated rings. The van der Waals surface area contributed by atoms with Gasteiger partial charge in [-0.25, -0.2) is 14.8 Å². The minimum atomic E-state index is -1.04. The summed E-state index contributed by atoms with van der Waals surface area (Å²) >= 11 is 0. The summed E-state index contributed by atoms with van der Waals surface area (Å²) in [6, 6.07) is 15.3. The van der Waals surface area contributed by atoms with Crippen molar-refractivity contribution in [2.75, 3.05) is 6.61 Å². The SMILES string of the molecule is O=C(O)CC(NC(=O)OCC1c2ccccc2-c2ccccc21)c1cncnc1.